The van der Waals surface area contributed by atoms with E-state index >= 15 is 0 Å². The molecule has 1 unspecified atom stereocenters. The molecule has 27 heavy (non-hydrogen) atoms. The SMILES string of the molecule is CCC1C(=O)N(C)c2cnc(-n3ccc(C(=O)O)n3)nc2N1C1CCCC1. The summed E-state index contributed by atoms with van der Waals surface area (Å²) >= 11 is 0. The van der Waals surface area contributed by atoms with Gasteiger partial charge in [0.05, 0.1) is 6.20 Å². The Morgan fingerprint density at radius 2 is 2.07 bits per heavy atom. The molecule has 2 aliphatic rings. The molecule has 2 aromatic rings. The third-order valence-electron chi connectivity index (χ3n) is 5.41. The normalized spacial score (nSPS) is 20.2. The second-order valence-electron chi connectivity index (χ2n) is 7.00. The van der Waals surface area contributed by atoms with Gasteiger partial charge in [-0.3, -0.25) is 4.79 Å². The van der Waals surface area contributed by atoms with E-state index in [9.17, 15) is 9.59 Å². The van der Waals surface area contributed by atoms with Crippen LogP contribution in [-0.4, -0.2) is 55.9 Å². The van der Waals surface area contributed by atoms with E-state index in [1.165, 1.54) is 16.9 Å². The molecule has 1 aliphatic carbocycles. The molecule has 0 aromatic carbocycles. The number of fused-ring (bicyclic) bond motifs is 1. The predicted molar refractivity (Wildman–Crippen MR) is 98.3 cm³/mol. The first-order valence-corrected chi connectivity index (χ1v) is 9.23. The first-order chi connectivity index (χ1) is 13.0. The Morgan fingerprint density at radius 3 is 2.70 bits per heavy atom. The van der Waals surface area contributed by atoms with Crippen molar-refractivity contribution in [2.24, 2.45) is 0 Å². The van der Waals surface area contributed by atoms with E-state index in [1.807, 2.05) is 6.92 Å². The summed E-state index contributed by atoms with van der Waals surface area (Å²) in [7, 11) is 1.75. The van der Waals surface area contributed by atoms with Crippen LogP contribution in [0.25, 0.3) is 5.95 Å². The molecule has 1 N–H and O–H groups in total. The summed E-state index contributed by atoms with van der Waals surface area (Å²) in [5, 5.41) is 13.1. The summed E-state index contributed by atoms with van der Waals surface area (Å²) in [6, 6.07) is 1.44. The second-order valence-corrected chi connectivity index (χ2v) is 7.00. The number of nitrogens with zero attached hydrogens (tertiary/aromatic N) is 6. The fraction of sp³-hybridized carbons (Fsp3) is 0.500. The van der Waals surface area contributed by atoms with Crippen LogP contribution in [0.3, 0.4) is 0 Å². The van der Waals surface area contributed by atoms with Gasteiger partial charge in [0, 0.05) is 19.3 Å². The molecule has 9 nitrogen and oxygen atoms in total. The van der Waals surface area contributed by atoms with Crippen LogP contribution < -0.4 is 9.80 Å². The molecule has 0 saturated heterocycles. The minimum atomic E-state index is -1.10. The van der Waals surface area contributed by atoms with Crippen LogP contribution in [0.5, 0.6) is 0 Å². The Labute approximate surface area is 156 Å². The molecule has 0 bridgehead atoms. The molecule has 4 rings (SSSR count). The summed E-state index contributed by atoms with van der Waals surface area (Å²) < 4.78 is 1.36. The fourth-order valence-electron chi connectivity index (χ4n) is 4.03. The number of amides is 1. The van der Waals surface area contributed by atoms with Crippen molar-refractivity contribution >= 4 is 23.4 Å². The quantitative estimate of drug-likeness (QED) is 0.876. The molecule has 142 valence electrons. The van der Waals surface area contributed by atoms with Gasteiger partial charge < -0.3 is 14.9 Å². The number of carbonyl (C=O) groups is 2. The van der Waals surface area contributed by atoms with Crippen LogP contribution in [0.1, 0.15) is 49.5 Å². The van der Waals surface area contributed by atoms with Gasteiger partial charge in [-0.25, -0.2) is 14.5 Å². The van der Waals surface area contributed by atoms with Crippen molar-refractivity contribution in [2.75, 3.05) is 16.8 Å². The zero-order chi connectivity index (χ0) is 19.1. The van der Waals surface area contributed by atoms with Crippen molar-refractivity contribution < 1.29 is 14.7 Å². The first-order valence-electron chi connectivity index (χ1n) is 9.23. The van der Waals surface area contributed by atoms with Crippen molar-refractivity contribution in [2.45, 2.75) is 51.1 Å². The van der Waals surface area contributed by atoms with E-state index in [4.69, 9.17) is 10.1 Å². The number of anilines is 2. The highest BCUT2D eigenvalue weighted by Crippen LogP contribution is 2.39. The average Bonchev–Trinajstić information content (AvgIpc) is 3.35. The molecule has 1 saturated carbocycles. The number of rotatable bonds is 4. The molecule has 3 heterocycles. The van der Waals surface area contributed by atoms with Crippen LogP contribution in [-0.2, 0) is 4.79 Å². The lowest BCUT2D eigenvalue weighted by Crippen LogP contribution is -2.55. The van der Waals surface area contributed by atoms with Gasteiger partial charge in [0.25, 0.3) is 5.95 Å². The predicted octanol–water partition coefficient (Wildman–Crippen LogP) is 1.86. The lowest BCUT2D eigenvalue weighted by molar-refractivity contribution is -0.120. The second kappa shape index (κ2) is 6.64. The molecular weight excluding hydrogens is 348 g/mol. The molecule has 0 spiro atoms. The van der Waals surface area contributed by atoms with E-state index in [1.54, 1.807) is 18.1 Å². The molecular formula is C18H22N6O3. The van der Waals surface area contributed by atoms with E-state index in [0.29, 0.717) is 23.9 Å². The number of aromatic nitrogens is 4. The zero-order valence-corrected chi connectivity index (χ0v) is 15.4. The zero-order valence-electron chi connectivity index (χ0n) is 15.4. The molecule has 9 heteroatoms. The third kappa shape index (κ3) is 2.83. The maximum absolute atomic E-state index is 12.9. The van der Waals surface area contributed by atoms with Gasteiger partial charge in [-0.2, -0.15) is 10.1 Å². The van der Waals surface area contributed by atoms with Gasteiger partial charge in [0.15, 0.2) is 11.5 Å². The summed E-state index contributed by atoms with van der Waals surface area (Å²) in [6.45, 7) is 2.01. The summed E-state index contributed by atoms with van der Waals surface area (Å²) in [4.78, 5) is 36.7. The summed E-state index contributed by atoms with van der Waals surface area (Å²) in [5.74, 6) is -0.0359. The Kier molecular flexibility index (Phi) is 4.29. The lowest BCUT2D eigenvalue weighted by Gasteiger charge is -2.43. The number of hydrogen-bond donors (Lipinski definition) is 1. The number of carboxylic acids is 1. The van der Waals surface area contributed by atoms with E-state index in [-0.39, 0.29) is 23.7 Å². The summed E-state index contributed by atoms with van der Waals surface area (Å²) in [6.07, 6.45) is 8.22. The standard InChI is InChI=1S/C18H22N6O3/c1-3-13-16(25)22(2)14-10-19-18(23-9-8-12(21-23)17(26)27)20-15(14)24(13)11-6-4-5-7-11/h8-11,13H,3-7H2,1-2H3,(H,26,27). The number of carbonyl (C=O) groups excluding carboxylic acids is 1. The minimum absolute atomic E-state index is 0.0560. The monoisotopic (exact) mass is 370 g/mol. The van der Waals surface area contributed by atoms with E-state index in [2.05, 4.69) is 15.0 Å². The van der Waals surface area contributed by atoms with Crippen LogP contribution in [0.4, 0.5) is 11.5 Å². The largest absolute Gasteiger partial charge is 0.476 e. The Balaban J connectivity index is 1.81. The van der Waals surface area contributed by atoms with Gasteiger partial charge in [-0.05, 0) is 25.3 Å². The highest BCUT2D eigenvalue weighted by atomic mass is 16.4. The van der Waals surface area contributed by atoms with Crippen LogP contribution in [0.15, 0.2) is 18.5 Å². The Morgan fingerprint density at radius 1 is 1.33 bits per heavy atom. The maximum atomic E-state index is 12.9. The van der Waals surface area contributed by atoms with Gasteiger partial charge >= 0.3 is 5.97 Å². The molecule has 1 amide bonds. The smallest absolute Gasteiger partial charge is 0.356 e. The van der Waals surface area contributed by atoms with Crippen LogP contribution >= 0.6 is 0 Å². The van der Waals surface area contributed by atoms with Crippen molar-refractivity contribution in [3.8, 4) is 5.95 Å². The van der Waals surface area contributed by atoms with Gasteiger partial charge in [0.2, 0.25) is 5.91 Å². The van der Waals surface area contributed by atoms with Gasteiger partial charge in [0.1, 0.15) is 11.7 Å². The summed E-state index contributed by atoms with van der Waals surface area (Å²) in [5.41, 5.74) is 0.605. The highest BCUT2D eigenvalue weighted by molar-refractivity contribution is 6.04. The topological polar surface area (TPSA) is 104 Å². The van der Waals surface area contributed by atoms with E-state index < -0.39 is 5.97 Å². The molecule has 1 fully saturated rings. The van der Waals surface area contributed by atoms with E-state index in [0.717, 1.165) is 25.7 Å². The fourth-order valence-corrected chi connectivity index (χ4v) is 4.03. The molecule has 0 radical (unpaired) electrons. The lowest BCUT2D eigenvalue weighted by atomic mass is 10.0. The molecule has 2 aromatic heterocycles. The molecule has 1 aliphatic heterocycles. The first kappa shape index (κ1) is 17.4. The van der Waals surface area contributed by atoms with Crippen LogP contribution in [0, 0.1) is 0 Å². The third-order valence-corrected chi connectivity index (χ3v) is 5.41. The van der Waals surface area contributed by atoms with Crippen molar-refractivity contribution in [3.05, 3.63) is 24.2 Å². The van der Waals surface area contributed by atoms with Gasteiger partial charge in [-0.1, -0.05) is 19.8 Å². The maximum Gasteiger partial charge on any atom is 0.356 e. The van der Waals surface area contributed by atoms with Crippen molar-refractivity contribution in [3.63, 3.8) is 0 Å². The highest BCUT2D eigenvalue weighted by Gasteiger charge is 2.41. The Hall–Kier alpha value is -2.97. The average molecular weight is 370 g/mol. The number of likely N-dealkylation sites (N-methyl/N-ethyl adjacent to an activating group) is 1. The Bertz CT molecular complexity index is 889. The number of carboxylic acid groups (broad SMARTS) is 1. The number of aromatic carboxylic acids is 1. The minimum Gasteiger partial charge on any atom is -0.476 e. The van der Waals surface area contributed by atoms with Gasteiger partial charge in [-0.15, -0.1) is 0 Å². The number of hydrogen-bond acceptors (Lipinski definition) is 6. The van der Waals surface area contributed by atoms with Crippen LogP contribution in [0.2, 0.25) is 0 Å². The van der Waals surface area contributed by atoms with Crippen molar-refractivity contribution in [1.82, 2.24) is 19.7 Å². The van der Waals surface area contributed by atoms with Crippen molar-refractivity contribution in [1.29, 1.82) is 0 Å². The molecule has 1 atom stereocenters.